The number of piperazine rings is 1. The van der Waals surface area contributed by atoms with E-state index in [1.807, 2.05) is 18.5 Å². The minimum absolute atomic E-state index is 0.517. The van der Waals surface area contributed by atoms with Crippen LogP contribution in [0.15, 0.2) is 24.5 Å². The predicted molar refractivity (Wildman–Crippen MR) is 79.3 cm³/mol. The summed E-state index contributed by atoms with van der Waals surface area (Å²) in [4.78, 5) is 9.13. The fourth-order valence-corrected chi connectivity index (χ4v) is 2.79. The minimum Gasteiger partial charge on any atom is -0.317 e. The summed E-state index contributed by atoms with van der Waals surface area (Å²) in [5.41, 5.74) is 1.31. The van der Waals surface area contributed by atoms with Gasteiger partial charge in [0.2, 0.25) is 0 Å². The summed E-state index contributed by atoms with van der Waals surface area (Å²) in [7, 11) is 6.53. The Morgan fingerprint density at radius 1 is 1.42 bits per heavy atom. The van der Waals surface area contributed by atoms with Gasteiger partial charge in [-0.05, 0) is 45.6 Å². The number of hydrogen-bond acceptors (Lipinski definition) is 4. The average molecular weight is 262 g/mol. The van der Waals surface area contributed by atoms with Gasteiger partial charge in [-0.1, -0.05) is 6.07 Å². The number of nitrogens with zero attached hydrogens (tertiary/aromatic N) is 3. The van der Waals surface area contributed by atoms with Crippen LogP contribution < -0.4 is 5.32 Å². The lowest BCUT2D eigenvalue weighted by Gasteiger charge is -2.39. The van der Waals surface area contributed by atoms with Crippen LogP contribution >= 0.6 is 0 Å². The van der Waals surface area contributed by atoms with Crippen molar-refractivity contribution in [3.05, 3.63) is 30.1 Å². The van der Waals surface area contributed by atoms with Crippen LogP contribution in [0.3, 0.4) is 0 Å². The molecule has 1 aliphatic heterocycles. The number of hydrogen-bond donors (Lipinski definition) is 1. The topological polar surface area (TPSA) is 31.4 Å². The Bertz CT molecular complexity index is 368. The quantitative estimate of drug-likeness (QED) is 0.852. The van der Waals surface area contributed by atoms with Gasteiger partial charge in [0.15, 0.2) is 0 Å². The van der Waals surface area contributed by atoms with Crippen LogP contribution in [0.2, 0.25) is 0 Å². The summed E-state index contributed by atoms with van der Waals surface area (Å²) >= 11 is 0. The van der Waals surface area contributed by atoms with Crippen LogP contribution in [0.4, 0.5) is 0 Å². The van der Waals surface area contributed by atoms with Gasteiger partial charge in [-0.15, -0.1) is 0 Å². The molecule has 1 aromatic heterocycles. The Hall–Kier alpha value is -0.970. The lowest BCUT2D eigenvalue weighted by Crippen LogP contribution is -2.52. The van der Waals surface area contributed by atoms with E-state index in [0.717, 1.165) is 6.42 Å². The molecule has 2 rings (SSSR count). The van der Waals surface area contributed by atoms with Crippen LogP contribution in [-0.2, 0) is 6.42 Å². The van der Waals surface area contributed by atoms with Gasteiger partial charge in [0.05, 0.1) is 0 Å². The van der Waals surface area contributed by atoms with E-state index in [4.69, 9.17) is 0 Å². The van der Waals surface area contributed by atoms with Crippen molar-refractivity contribution in [1.29, 1.82) is 0 Å². The lowest BCUT2D eigenvalue weighted by molar-refractivity contribution is 0.102. The zero-order valence-electron chi connectivity index (χ0n) is 12.3. The minimum atomic E-state index is 0.517. The molecular weight excluding hydrogens is 236 g/mol. The van der Waals surface area contributed by atoms with Crippen LogP contribution in [0.25, 0.3) is 0 Å². The van der Waals surface area contributed by atoms with Gasteiger partial charge in [0.25, 0.3) is 0 Å². The highest BCUT2D eigenvalue weighted by Gasteiger charge is 2.24. The number of nitrogens with one attached hydrogen (secondary N) is 1. The summed E-state index contributed by atoms with van der Waals surface area (Å²) in [6, 6.07) is 5.34. The zero-order valence-corrected chi connectivity index (χ0v) is 12.3. The fourth-order valence-electron chi connectivity index (χ4n) is 2.79. The molecule has 1 saturated heterocycles. The monoisotopic (exact) mass is 262 g/mol. The van der Waals surface area contributed by atoms with Crippen LogP contribution in [0.5, 0.6) is 0 Å². The molecule has 0 aromatic carbocycles. The van der Waals surface area contributed by atoms with Crippen molar-refractivity contribution < 1.29 is 0 Å². The maximum Gasteiger partial charge on any atom is 0.0300 e. The first-order chi connectivity index (χ1) is 9.19. The summed E-state index contributed by atoms with van der Waals surface area (Å²) in [6.45, 7) is 3.52. The van der Waals surface area contributed by atoms with Crippen molar-refractivity contribution in [2.75, 3.05) is 40.8 Å². The standard InChI is InChI=1S/C15H26N4/c1-16-14(9-13-5-4-6-17-11-13)10-15-12-18(2)7-8-19(15)3/h4-6,11,14-16H,7-10,12H2,1-3H3. The van der Waals surface area contributed by atoms with Gasteiger partial charge in [-0.25, -0.2) is 0 Å². The van der Waals surface area contributed by atoms with Crippen molar-refractivity contribution in [3.63, 3.8) is 0 Å². The van der Waals surface area contributed by atoms with Crippen molar-refractivity contribution in [2.24, 2.45) is 0 Å². The molecule has 1 fully saturated rings. The number of aromatic nitrogens is 1. The van der Waals surface area contributed by atoms with Crippen LogP contribution in [0.1, 0.15) is 12.0 Å². The van der Waals surface area contributed by atoms with E-state index in [1.165, 1.54) is 31.6 Å². The van der Waals surface area contributed by atoms with Crippen molar-refractivity contribution >= 4 is 0 Å². The molecule has 0 aliphatic carbocycles. The smallest absolute Gasteiger partial charge is 0.0300 e. The van der Waals surface area contributed by atoms with Gasteiger partial charge in [-0.3, -0.25) is 4.98 Å². The Labute approximate surface area is 116 Å². The Balaban J connectivity index is 1.91. The normalized spacial score (nSPS) is 23.4. The molecule has 1 aliphatic rings. The maximum atomic E-state index is 4.20. The predicted octanol–water partition coefficient (Wildman–Crippen LogP) is 0.848. The summed E-state index contributed by atoms with van der Waals surface area (Å²) < 4.78 is 0. The van der Waals surface area contributed by atoms with E-state index < -0.39 is 0 Å². The second-order valence-corrected chi connectivity index (χ2v) is 5.68. The molecule has 1 N–H and O–H groups in total. The SMILES string of the molecule is CNC(Cc1cccnc1)CC1CN(C)CCN1C. The van der Waals surface area contributed by atoms with Gasteiger partial charge in [0, 0.05) is 44.1 Å². The van der Waals surface area contributed by atoms with Crippen LogP contribution in [-0.4, -0.2) is 67.6 Å². The van der Waals surface area contributed by atoms with E-state index in [-0.39, 0.29) is 0 Å². The van der Waals surface area contributed by atoms with E-state index in [1.54, 1.807) is 0 Å². The second kappa shape index (κ2) is 6.98. The summed E-state index contributed by atoms with van der Waals surface area (Å²) in [5.74, 6) is 0. The third-order valence-electron chi connectivity index (χ3n) is 4.15. The fraction of sp³-hybridized carbons (Fsp3) is 0.667. The Kier molecular flexibility index (Phi) is 5.31. The van der Waals surface area contributed by atoms with Crippen molar-refractivity contribution in [2.45, 2.75) is 24.9 Å². The highest BCUT2D eigenvalue weighted by molar-refractivity contribution is 5.10. The molecule has 0 amide bonds. The molecule has 0 spiro atoms. The average Bonchev–Trinajstić information content (AvgIpc) is 2.43. The number of likely N-dealkylation sites (N-methyl/N-ethyl adjacent to an activating group) is 3. The van der Waals surface area contributed by atoms with Crippen LogP contribution in [0, 0.1) is 0 Å². The number of rotatable bonds is 5. The van der Waals surface area contributed by atoms with Gasteiger partial charge in [-0.2, -0.15) is 0 Å². The molecule has 1 aromatic rings. The first-order valence-electron chi connectivity index (χ1n) is 7.14. The van der Waals surface area contributed by atoms with Crippen molar-refractivity contribution in [3.8, 4) is 0 Å². The van der Waals surface area contributed by atoms with Gasteiger partial charge in [0.1, 0.15) is 0 Å². The van der Waals surface area contributed by atoms with Gasteiger partial charge < -0.3 is 15.1 Å². The number of pyridine rings is 1. The van der Waals surface area contributed by atoms with E-state index in [2.05, 4.69) is 47.3 Å². The molecule has 4 heteroatoms. The zero-order chi connectivity index (χ0) is 13.7. The molecule has 4 nitrogen and oxygen atoms in total. The molecule has 0 bridgehead atoms. The van der Waals surface area contributed by atoms with Crippen molar-refractivity contribution in [1.82, 2.24) is 20.1 Å². The molecule has 0 saturated carbocycles. The first kappa shape index (κ1) is 14.4. The van der Waals surface area contributed by atoms with E-state index in [9.17, 15) is 0 Å². The molecule has 19 heavy (non-hydrogen) atoms. The van der Waals surface area contributed by atoms with Gasteiger partial charge >= 0.3 is 0 Å². The maximum absolute atomic E-state index is 4.20. The third kappa shape index (κ3) is 4.27. The first-order valence-corrected chi connectivity index (χ1v) is 7.14. The Morgan fingerprint density at radius 2 is 2.26 bits per heavy atom. The lowest BCUT2D eigenvalue weighted by atomic mass is 9.98. The Morgan fingerprint density at radius 3 is 2.95 bits per heavy atom. The van der Waals surface area contributed by atoms with E-state index >= 15 is 0 Å². The summed E-state index contributed by atoms with van der Waals surface area (Å²) in [5, 5.41) is 3.46. The molecule has 2 heterocycles. The molecule has 106 valence electrons. The molecule has 0 radical (unpaired) electrons. The summed E-state index contributed by atoms with van der Waals surface area (Å²) in [6.07, 6.45) is 6.05. The van der Waals surface area contributed by atoms with E-state index in [0.29, 0.717) is 12.1 Å². The highest BCUT2D eigenvalue weighted by Crippen LogP contribution is 2.14. The third-order valence-corrected chi connectivity index (χ3v) is 4.15. The molecular formula is C15H26N4. The molecule has 2 atom stereocenters. The second-order valence-electron chi connectivity index (χ2n) is 5.68. The largest absolute Gasteiger partial charge is 0.317 e. The molecule has 2 unspecified atom stereocenters. The highest BCUT2D eigenvalue weighted by atomic mass is 15.3.